The van der Waals surface area contributed by atoms with Gasteiger partial charge in [-0.3, -0.25) is 4.79 Å². The van der Waals surface area contributed by atoms with Crippen molar-refractivity contribution in [1.82, 2.24) is 9.80 Å². The molecule has 3 rings (SSSR count). The van der Waals surface area contributed by atoms with E-state index >= 15 is 0 Å². The monoisotopic (exact) mass is 390 g/mol. The fraction of sp³-hybridized carbons (Fsp3) is 0.421. The Bertz CT molecular complexity index is 974. The lowest BCUT2D eigenvalue weighted by molar-refractivity contribution is -0.132. The molecule has 0 unspecified atom stereocenters. The lowest BCUT2D eigenvalue weighted by Crippen LogP contribution is -2.51. The molecule has 9 heteroatoms. The highest BCUT2D eigenvalue weighted by Gasteiger charge is 2.26. The van der Waals surface area contributed by atoms with Gasteiger partial charge in [0.25, 0.3) is 0 Å². The average molecular weight is 390 g/mol. The van der Waals surface area contributed by atoms with Crippen LogP contribution >= 0.6 is 0 Å². The minimum Gasteiger partial charge on any atom is -0.508 e. The van der Waals surface area contributed by atoms with E-state index < -0.39 is 11.7 Å². The molecule has 2 N–H and O–H groups in total. The minimum atomic E-state index is -0.687. The second kappa shape index (κ2) is 7.79. The Labute approximate surface area is 160 Å². The summed E-state index contributed by atoms with van der Waals surface area (Å²) in [6, 6.07) is 2.39. The zero-order valence-electron chi connectivity index (χ0n) is 15.7. The van der Waals surface area contributed by atoms with Crippen LogP contribution in [-0.4, -0.2) is 64.8 Å². The van der Waals surface area contributed by atoms with Gasteiger partial charge in [0.2, 0.25) is 5.91 Å². The molecule has 0 spiro atoms. The second-order valence-electron chi connectivity index (χ2n) is 6.57. The number of ether oxygens (including phenoxy) is 1. The van der Waals surface area contributed by atoms with Crippen molar-refractivity contribution in [2.24, 2.45) is 0 Å². The summed E-state index contributed by atoms with van der Waals surface area (Å²) in [7, 11) is 0. The van der Waals surface area contributed by atoms with Gasteiger partial charge in [-0.2, -0.15) is 0 Å². The number of rotatable bonds is 3. The quantitative estimate of drug-likeness (QED) is 0.759. The van der Waals surface area contributed by atoms with Gasteiger partial charge < -0.3 is 29.2 Å². The van der Waals surface area contributed by atoms with Gasteiger partial charge >= 0.3 is 11.7 Å². The fourth-order valence-corrected chi connectivity index (χ4v) is 3.33. The summed E-state index contributed by atoms with van der Waals surface area (Å²) in [5.41, 5.74) is -0.0404. The van der Waals surface area contributed by atoms with Gasteiger partial charge in [-0.05, 0) is 19.4 Å². The first-order chi connectivity index (χ1) is 13.3. The molecule has 1 fully saturated rings. The van der Waals surface area contributed by atoms with Crippen LogP contribution in [0.2, 0.25) is 0 Å². The summed E-state index contributed by atoms with van der Waals surface area (Å²) in [6.07, 6.45) is -0.580. The number of hydrogen-bond acceptors (Lipinski definition) is 7. The number of phenols is 2. The van der Waals surface area contributed by atoms with Gasteiger partial charge in [-0.1, -0.05) is 0 Å². The van der Waals surface area contributed by atoms with E-state index in [-0.39, 0.29) is 40.4 Å². The van der Waals surface area contributed by atoms with Crippen LogP contribution in [0, 0.1) is 6.92 Å². The molecule has 9 nitrogen and oxygen atoms in total. The first kappa shape index (κ1) is 19.5. The van der Waals surface area contributed by atoms with Crippen LogP contribution in [0.4, 0.5) is 4.79 Å². The van der Waals surface area contributed by atoms with Crippen molar-refractivity contribution in [2.75, 3.05) is 32.8 Å². The van der Waals surface area contributed by atoms with Gasteiger partial charge in [0.05, 0.1) is 24.0 Å². The number of amides is 2. The fourth-order valence-electron chi connectivity index (χ4n) is 3.33. The molecule has 1 aliphatic rings. The summed E-state index contributed by atoms with van der Waals surface area (Å²) >= 11 is 0. The molecule has 0 radical (unpaired) electrons. The summed E-state index contributed by atoms with van der Waals surface area (Å²) in [5, 5.41) is 19.9. The lowest BCUT2D eigenvalue weighted by atomic mass is 10.0. The van der Waals surface area contributed by atoms with E-state index in [4.69, 9.17) is 9.15 Å². The maximum Gasteiger partial charge on any atom is 0.409 e. The molecule has 2 amide bonds. The maximum absolute atomic E-state index is 12.7. The van der Waals surface area contributed by atoms with Crippen LogP contribution < -0.4 is 5.63 Å². The molecule has 1 aromatic heterocycles. The largest absolute Gasteiger partial charge is 0.508 e. The number of benzene rings is 1. The van der Waals surface area contributed by atoms with E-state index in [0.29, 0.717) is 38.3 Å². The first-order valence-electron chi connectivity index (χ1n) is 8.99. The van der Waals surface area contributed by atoms with E-state index in [0.717, 1.165) is 6.07 Å². The number of aryl methyl sites for hydroxylation is 1. The number of carbonyl (C=O) groups is 2. The van der Waals surface area contributed by atoms with Crippen LogP contribution in [0.1, 0.15) is 18.1 Å². The maximum atomic E-state index is 12.7. The Morgan fingerprint density at radius 1 is 1.14 bits per heavy atom. The highest BCUT2D eigenvalue weighted by Crippen LogP contribution is 2.32. The molecular weight excluding hydrogens is 368 g/mol. The molecule has 0 atom stereocenters. The molecular formula is C19H22N2O7. The van der Waals surface area contributed by atoms with E-state index in [2.05, 4.69) is 0 Å². The molecule has 0 aliphatic carbocycles. The zero-order chi connectivity index (χ0) is 20.4. The van der Waals surface area contributed by atoms with Crippen molar-refractivity contribution in [3.05, 3.63) is 33.7 Å². The van der Waals surface area contributed by atoms with Crippen molar-refractivity contribution in [1.29, 1.82) is 0 Å². The molecule has 2 aromatic rings. The van der Waals surface area contributed by atoms with Crippen LogP contribution in [0.15, 0.2) is 21.3 Å². The minimum absolute atomic E-state index is 0.0549. The Hall–Kier alpha value is -3.23. The van der Waals surface area contributed by atoms with Crippen LogP contribution in [0.3, 0.4) is 0 Å². The average Bonchev–Trinajstić information content (AvgIpc) is 2.64. The number of phenolic OH excluding ortho intramolecular Hbond substituents is 2. The third kappa shape index (κ3) is 3.73. The van der Waals surface area contributed by atoms with Crippen LogP contribution in [-0.2, 0) is 16.0 Å². The standard InChI is InChI=1S/C19H22N2O7/c1-3-27-19(26)21-6-4-20(5-7-21)16(24)10-13-11(2)17-14(23)8-12(22)9-15(17)28-18(13)25/h8-9,22-23H,3-7,10H2,1-2H3. The van der Waals surface area contributed by atoms with Crippen LogP contribution in [0.5, 0.6) is 11.5 Å². The predicted octanol–water partition coefficient (Wildman–Crippen LogP) is 1.36. The van der Waals surface area contributed by atoms with Gasteiger partial charge in [-0.15, -0.1) is 0 Å². The summed E-state index contributed by atoms with van der Waals surface area (Å²) < 4.78 is 10.1. The van der Waals surface area contributed by atoms with E-state index in [1.54, 1.807) is 18.7 Å². The summed E-state index contributed by atoms with van der Waals surface area (Å²) in [6.45, 7) is 5.04. The molecule has 1 saturated heterocycles. The van der Waals surface area contributed by atoms with Crippen molar-refractivity contribution in [3.63, 3.8) is 0 Å². The topological polar surface area (TPSA) is 121 Å². The molecule has 1 aromatic carbocycles. The Morgan fingerprint density at radius 2 is 1.79 bits per heavy atom. The lowest BCUT2D eigenvalue weighted by Gasteiger charge is -2.34. The zero-order valence-corrected chi connectivity index (χ0v) is 15.7. The summed E-state index contributed by atoms with van der Waals surface area (Å²) in [4.78, 5) is 39.8. The van der Waals surface area contributed by atoms with E-state index in [1.807, 2.05) is 0 Å². The molecule has 0 bridgehead atoms. The third-order valence-electron chi connectivity index (χ3n) is 4.83. The Morgan fingerprint density at radius 3 is 2.43 bits per heavy atom. The SMILES string of the molecule is CCOC(=O)N1CCN(C(=O)Cc2c(C)c3c(O)cc(O)cc3oc2=O)CC1. The van der Waals surface area contributed by atoms with Gasteiger partial charge in [0.1, 0.15) is 17.1 Å². The van der Waals surface area contributed by atoms with Crippen molar-refractivity contribution in [2.45, 2.75) is 20.3 Å². The number of hydrogen-bond donors (Lipinski definition) is 2. The molecule has 28 heavy (non-hydrogen) atoms. The van der Waals surface area contributed by atoms with Crippen molar-refractivity contribution in [3.8, 4) is 11.5 Å². The van der Waals surface area contributed by atoms with Gasteiger partial charge in [0, 0.05) is 38.3 Å². The molecule has 2 heterocycles. The highest BCUT2D eigenvalue weighted by atomic mass is 16.6. The highest BCUT2D eigenvalue weighted by molar-refractivity contribution is 5.90. The predicted molar refractivity (Wildman–Crippen MR) is 99.4 cm³/mol. The molecule has 0 saturated carbocycles. The number of fused-ring (bicyclic) bond motifs is 1. The number of nitrogens with zero attached hydrogens (tertiary/aromatic N) is 2. The third-order valence-corrected chi connectivity index (χ3v) is 4.83. The second-order valence-corrected chi connectivity index (χ2v) is 6.57. The Kier molecular flexibility index (Phi) is 5.43. The van der Waals surface area contributed by atoms with E-state index in [1.165, 1.54) is 11.0 Å². The first-order valence-corrected chi connectivity index (χ1v) is 8.99. The summed E-state index contributed by atoms with van der Waals surface area (Å²) in [5.74, 6) is -0.722. The number of aromatic hydroxyl groups is 2. The molecule has 1 aliphatic heterocycles. The Balaban J connectivity index is 1.77. The van der Waals surface area contributed by atoms with Gasteiger partial charge in [0.15, 0.2) is 0 Å². The smallest absolute Gasteiger partial charge is 0.409 e. The van der Waals surface area contributed by atoms with E-state index in [9.17, 15) is 24.6 Å². The number of piperazine rings is 1. The van der Waals surface area contributed by atoms with Crippen molar-refractivity contribution >= 4 is 23.0 Å². The van der Waals surface area contributed by atoms with Crippen molar-refractivity contribution < 1.29 is 29.0 Å². The number of carbonyl (C=O) groups excluding carboxylic acids is 2. The molecule has 150 valence electrons. The van der Waals surface area contributed by atoms with Crippen LogP contribution in [0.25, 0.3) is 11.0 Å². The normalized spacial score (nSPS) is 14.4. The van der Waals surface area contributed by atoms with Gasteiger partial charge in [-0.25, -0.2) is 9.59 Å².